The maximum atomic E-state index is 6.89. The van der Waals surface area contributed by atoms with Crippen LogP contribution < -0.4 is 4.90 Å². The molecule has 0 aliphatic carbocycles. The molecular formula is C52H33NO. The third-order valence-electron chi connectivity index (χ3n) is 11.0. The molecule has 2 nitrogen and oxygen atoms in total. The first-order valence-corrected chi connectivity index (χ1v) is 18.5. The molecule has 1 aromatic heterocycles. The van der Waals surface area contributed by atoms with Crippen molar-refractivity contribution in [2.75, 3.05) is 4.90 Å². The minimum absolute atomic E-state index is 0.872. The van der Waals surface area contributed by atoms with Gasteiger partial charge in [0.1, 0.15) is 11.2 Å². The zero-order chi connectivity index (χ0) is 35.6. The molecule has 0 saturated heterocycles. The van der Waals surface area contributed by atoms with Gasteiger partial charge in [0.25, 0.3) is 0 Å². The molecular weight excluding hydrogens is 655 g/mol. The Morgan fingerprint density at radius 1 is 0.333 bits per heavy atom. The smallest absolute Gasteiger partial charge is 0.145 e. The summed E-state index contributed by atoms with van der Waals surface area (Å²) in [7, 11) is 0. The molecule has 11 aromatic rings. The second-order valence-electron chi connectivity index (χ2n) is 14.1. The average molecular weight is 688 g/mol. The maximum Gasteiger partial charge on any atom is 0.145 e. The first-order chi connectivity index (χ1) is 26.8. The van der Waals surface area contributed by atoms with Crippen LogP contribution in [0.1, 0.15) is 0 Å². The number of hydrogen-bond acceptors (Lipinski definition) is 2. The van der Waals surface area contributed by atoms with Gasteiger partial charge in [0.05, 0.1) is 16.8 Å². The Balaban J connectivity index is 1.20. The first-order valence-electron chi connectivity index (χ1n) is 18.5. The van der Waals surface area contributed by atoms with E-state index in [4.69, 9.17) is 4.42 Å². The normalized spacial score (nSPS) is 11.7. The lowest BCUT2D eigenvalue weighted by Gasteiger charge is -2.28. The average Bonchev–Trinajstić information content (AvgIpc) is 3.64. The molecule has 54 heavy (non-hydrogen) atoms. The topological polar surface area (TPSA) is 16.4 Å². The van der Waals surface area contributed by atoms with Crippen molar-refractivity contribution in [2.24, 2.45) is 0 Å². The molecule has 0 bridgehead atoms. The van der Waals surface area contributed by atoms with Gasteiger partial charge in [-0.2, -0.15) is 0 Å². The van der Waals surface area contributed by atoms with Crippen LogP contribution in [-0.4, -0.2) is 0 Å². The summed E-state index contributed by atoms with van der Waals surface area (Å²) in [5, 5.41) is 11.9. The van der Waals surface area contributed by atoms with Gasteiger partial charge in [0, 0.05) is 22.0 Å². The Morgan fingerprint density at radius 2 is 0.926 bits per heavy atom. The third-order valence-corrected chi connectivity index (χ3v) is 11.0. The van der Waals surface area contributed by atoms with Crippen molar-refractivity contribution in [1.82, 2.24) is 0 Å². The van der Waals surface area contributed by atoms with E-state index in [-0.39, 0.29) is 0 Å². The molecule has 0 saturated carbocycles. The predicted molar refractivity (Wildman–Crippen MR) is 229 cm³/mol. The van der Waals surface area contributed by atoms with Crippen molar-refractivity contribution in [3.05, 3.63) is 200 Å². The number of furan rings is 1. The van der Waals surface area contributed by atoms with E-state index < -0.39 is 0 Å². The summed E-state index contributed by atoms with van der Waals surface area (Å²) in [6.45, 7) is 0. The lowest BCUT2D eigenvalue weighted by Crippen LogP contribution is -2.11. The first kappa shape index (κ1) is 30.5. The van der Waals surface area contributed by atoms with Gasteiger partial charge in [-0.05, 0) is 96.9 Å². The fraction of sp³-hybridized carbons (Fsp3) is 0. The van der Waals surface area contributed by atoms with E-state index in [0.29, 0.717) is 0 Å². The van der Waals surface area contributed by atoms with E-state index in [2.05, 4.69) is 205 Å². The van der Waals surface area contributed by atoms with E-state index >= 15 is 0 Å². The predicted octanol–water partition coefficient (Wildman–Crippen LogP) is 15.0. The van der Waals surface area contributed by atoms with Crippen molar-refractivity contribution in [3.63, 3.8) is 0 Å². The molecule has 0 fully saturated rings. The van der Waals surface area contributed by atoms with Crippen LogP contribution in [0.5, 0.6) is 0 Å². The van der Waals surface area contributed by atoms with Crippen molar-refractivity contribution >= 4 is 82.1 Å². The quantitative estimate of drug-likeness (QED) is 0.168. The lowest BCUT2D eigenvalue weighted by molar-refractivity contribution is 0.670. The number of fused-ring (bicyclic) bond motifs is 8. The van der Waals surface area contributed by atoms with Crippen LogP contribution in [0, 0.1) is 0 Å². The molecule has 0 N–H and O–H groups in total. The standard InChI is InChI=1S/C52H33NO/c1-2-14-39-33-40(26-23-34(39)11-1)35-27-29-41(30-28-35)53(47-21-10-16-38-25-24-37-13-4-6-18-43(37)50(38)47)48-32-31-45(44-20-9-15-36-12-3-5-17-42(36)44)52-51(48)46-19-7-8-22-49(46)54-52/h1-33H. The largest absolute Gasteiger partial charge is 0.455 e. The zero-order valence-electron chi connectivity index (χ0n) is 29.4. The number of benzene rings is 10. The van der Waals surface area contributed by atoms with Crippen LogP contribution in [0.3, 0.4) is 0 Å². The minimum Gasteiger partial charge on any atom is -0.455 e. The van der Waals surface area contributed by atoms with Crippen LogP contribution in [0.25, 0.3) is 87.3 Å². The Morgan fingerprint density at radius 3 is 1.78 bits per heavy atom. The van der Waals surface area contributed by atoms with E-state index in [1.807, 2.05) is 0 Å². The molecule has 0 radical (unpaired) electrons. The van der Waals surface area contributed by atoms with Crippen LogP contribution in [0.15, 0.2) is 205 Å². The molecule has 0 unspecified atom stereocenters. The number of hydrogen-bond donors (Lipinski definition) is 0. The van der Waals surface area contributed by atoms with Gasteiger partial charge < -0.3 is 9.32 Å². The van der Waals surface area contributed by atoms with Gasteiger partial charge in [0.15, 0.2) is 0 Å². The fourth-order valence-electron chi connectivity index (χ4n) is 8.47. The fourth-order valence-corrected chi connectivity index (χ4v) is 8.47. The van der Waals surface area contributed by atoms with Gasteiger partial charge in [-0.1, -0.05) is 158 Å². The van der Waals surface area contributed by atoms with Crippen molar-refractivity contribution in [1.29, 1.82) is 0 Å². The number of anilines is 3. The molecule has 0 amide bonds. The maximum absolute atomic E-state index is 6.89. The summed E-state index contributed by atoms with van der Waals surface area (Å²) in [4.78, 5) is 2.44. The molecule has 2 heteroatoms. The second kappa shape index (κ2) is 12.2. The minimum atomic E-state index is 0.872. The van der Waals surface area contributed by atoms with Crippen molar-refractivity contribution < 1.29 is 4.42 Å². The van der Waals surface area contributed by atoms with E-state index in [9.17, 15) is 0 Å². The van der Waals surface area contributed by atoms with Crippen LogP contribution in [0.4, 0.5) is 17.1 Å². The summed E-state index contributed by atoms with van der Waals surface area (Å²) in [6.07, 6.45) is 0. The highest BCUT2D eigenvalue weighted by atomic mass is 16.3. The molecule has 0 spiro atoms. The molecule has 0 aliphatic heterocycles. The summed E-state index contributed by atoms with van der Waals surface area (Å²) >= 11 is 0. The van der Waals surface area contributed by atoms with Gasteiger partial charge in [-0.15, -0.1) is 0 Å². The molecule has 11 rings (SSSR count). The van der Waals surface area contributed by atoms with Crippen LogP contribution >= 0.6 is 0 Å². The van der Waals surface area contributed by atoms with Crippen molar-refractivity contribution in [3.8, 4) is 22.3 Å². The molecule has 252 valence electrons. The van der Waals surface area contributed by atoms with E-state index in [0.717, 1.165) is 50.1 Å². The third kappa shape index (κ3) is 4.81. The van der Waals surface area contributed by atoms with E-state index in [1.54, 1.807) is 0 Å². The van der Waals surface area contributed by atoms with Gasteiger partial charge in [-0.25, -0.2) is 0 Å². The highest BCUT2D eigenvalue weighted by molar-refractivity contribution is 6.21. The Labute approximate surface area is 312 Å². The number of nitrogens with zero attached hydrogens (tertiary/aromatic N) is 1. The zero-order valence-corrected chi connectivity index (χ0v) is 29.4. The lowest BCUT2D eigenvalue weighted by atomic mass is 9.95. The van der Waals surface area contributed by atoms with Crippen LogP contribution in [0.2, 0.25) is 0 Å². The van der Waals surface area contributed by atoms with Gasteiger partial charge in [-0.3, -0.25) is 0 Å². The number of para-hydroxylation sites is 1. The Kier molecular flexibility index (Phi) is 6.90. The van der Waals surface area contributed by atoms with Gasteiger partial charge >= 0.3 is 0 Å². The Hall–Kier alpha value is -7.16. The van der Waals surface area contributed by atoms with Crippen LogP contribution in [-0.2, 0) is 0 Å². The highest BCUT2D eigenvalue weighted by Gasteiger charge is 2.24. The molecule has 0 atom stereocenters. The van der Waals surface area contributed by atoms with Crippen molar-refractivity contribution in [2.45, 2.75) is 0 Å². The molecule has 10 aromatic carbocycles. The second-order valence-corrected chi connectivity index (χ2v) is 14.1. The monoisotopic (exact) mass is 687 g/mol. The Bertz CT molecular complexity index is 3220. The van der Waals surface area contributed by atoms with Gasteiger partial charge in [0.2, 0.25) is 0 Å². The summed E-state index contributed by atoms with van der Waals surface area (Å²) in [5.74, 6) is 0. The summed E-state index contributed by atoms with van der Waals surface area (Å²) in [6, 6.07) is 72.3. The molecule has 1 heterocycles. The highest BCUT2D eigenvalue weighted by Crippen LogP contribution is 2.49. The summed E-state index contributed by atoms with van der Waals surface area (Å²) < 4.78 is 6.89. The summed E-state index contributed by atoms with van der Waals surface area (Å²) in [5.41, 5.74) is 9.63. The molecule has 0 aliphatic rings. The SMILES string of the molecule is c1ccc2cc(-c3ccc(N(c4cccc5ccc6ccccc6c45)c4ccc(-c5cccc6ccccc56)c5oc6ccccc6c45)cc3)ccc2c1. The number of rotatable bonds is 5. The van der Waals surface area contributed by atoms with E-state index in [1.165, 1.54) is 54.2 Å².